The van der Waals surface area contributed by atoms with Crippen LogP contribution in [-0.2, 0) is 4.74 Å². The molecule has 1 unspecified atom stereocenters. The Balaban J connectivity index is 1.63. The summed E-state index contributed by atoms with van der Waals surface area (Å²) in [6, 6.07) is 0.670. The molecule has 3 aliphatic rings. The highest BCUT2D eigenvalue weighted by molar-refractivity contribution is 4.95. The van der Waals surface area contributed by atoms with Gasteiger partial charge in [-0.05, 0) is 32.1 Å². The monoisotopic (exact) mass is 225 g/mol. The average molecular weight is 225 g/mol. The number of hydrogen-bond donors (Lipinski definition) is 1. The maximum Gasteiger partial charge on any atom is 0.0697 e. The molecular weight excluding hydrogens is 202 g/mol. The first-order valence-corrected chi connectivity index (χ1v) is 6.84. The molecule has 92 valence electrons. The van der Waals surface area contributed by atoms with Gasteiger partial charge in [0.25, 0.3) is 0 Å². The Kier molecular flexibility index (Phi) is 2.94. The van der Waals surface area contributed by atoms with Crippen LogP contribution in [0.2, 0.25) is 0 Å². The highest BCUT2D eigenvalue weighted by Crippen LogP contribution is 2.41. The van der Waals surface area contributed by atoms with Crippen LogP contribution in [0.3, 0.4) is 0 Å². The Bertz CT molecular complexity index is 250. The minimum Gasteiger partial charge on any atom is -0.392 e. The summed E-state index contributed by atoms with van der Waals surface area (Å²) in [5, 5.41) is 9.61. The van der Waals surface area contributed by atoms with Crippen molar-refractivity contribution in [2.75, 3.05) is 19.7 Å². The summed E-state index contributed by atoms with van der Waals surface area (Å²) in [5.74, 6) is 0. The summed E-state index contributed by atoms with van der Waals surface area (Å²) in [5.41, 5.74) is 0.219. The van der Waals surface area contributed by atoms with Crippen molar-refractivity contribution in [1.29, 1.82) is 0 Å². The third-order valence-electron chi connectivity index (χ3n) is 4.69. The minimum atomic E-state index is -0.0811. The quantitative estimate of drug-likeness (QED) is 0.735. The molecule has 2 heterocycles. The van der Waals surface area contributed by atoms with Gasteiger partial charge in [0, 0.05) is 25.7 Å². The first-order chi connectivity index (χ1) is 7.77. The van der Waals surface area contributed by atoms with Gasteiger partial charge in [-0.3, -0.25) is 4.90 Å². The molecule has 1 spiro atoms. The van der Waals surface area contributed by atoms with E-state index in [4.69, 9.17) is 4.74 Å². The number of likely N-dealkylation sites (tertiary alicyclic amines) is 1. The van der Waals surface area contributed by atoms with Crippen molar-refractivity contribution in [1.82, 2.24) is 4.90 Å². The summed E-state index contributed by atoms with van der Waals surface area (Å²) in [4.78, 5) is 2.49. The molecule has 1 aliphatic carbocycles. The van der Waals surface area contributed by atoms with Gasteiger partial charge in [0.05, 0.1) is 11.7 Å². The van der Waals surface area contributed by atoms with Crippen molar-refractivity contribution in [3.8, 4) is 0 Å². The van der Waals surface area contributed by atoms with Crippen LogP contribution < -0.4 is 0 Å². The van der Waals surface area contributed by atoms with E-state index in [0.29, 0.717) is 6.04 Å². The molecule has 1 saturated carbocycles. The SMILES string of the molecule is O[C@H]1CCN(C2CCOC3(CCCC3)C2)C1. The second-order valence-corrected chi connectivity index (χ2v) is 5.82. The molecule has 16 heavy (non-hydrogen) atoms. The van der Waals surface area contributed by atoms with Crippen LogP contribution in [0.15, 0.2) is 0 Å². The summed E-state index contributed by atoms with van der Waals surface area (Å²) in [7, 11) is 0. The van der Waals surface area contributed by atoms with Crippen LogP contribution in [0.1, 0.15) is 44.9 Å². The second-order valence-electron chi connectivity index (χ2n) is 5.82. The predicted octanol–water partition coefficient (Wildman–Crippen LogP) is 1.54. The normalized spacial score (nSPS) is 39.6. The molecule has 3 rings (SSSR count). The summed E-state index contributed by atoms with van der Waals surface area (Å²) in [6.45, 7) is 2.90. The first-order valence-electron chi connectivity index (χ1n) is 6.84. The van der Waals surface area contributed by atoms with E-state index in [1.54, 1.807) is 0 Å². The third-order valence-corrected chi connectivity index (χ3v) is 4.69. The topological polar surface area (TPSA) is 32.7 Å². The Morgan fingerprint density at radius 3 is 2.69 bits per heavy atom. The number of rotatable bonds is 1. The molecule has 2 saturated heterocycles. The van der Waals surface area contributed by atoms with Crippen LogP contribution in [0.25, 0.3) is 0 Å². The summed E-state index contributed by atoms with van der Waals surface area (Å²) >= 11 is 0. The number of hydrogen-bond acceptors (Lipinski definition) is 3. The molecule has 0 aromatic rings. The smallest absolute Gasteiger partial charge is 0.0697 e. The van der Waals surface area contributed by atoms with Gasteiger partial charge in [-0.15, -0.1) is 0 Å². The van der Waals surface area contributed by atoms with E-state index < -0.39 is 0 Å². The number of ether oxygens (including phenoxy) is 1. The lowest BCUT2D eigenvalue weighted by Crippen LogP contribution is -2.47. The molecule has 3 heteroatoms. The van der Waals surface area contributed by atoms with Crippen LogP contribution >= 0.6 is 0 Å². The Morgan fingerprint density at radius 1 is 1.19 bits per heavy atom. The fourth-order valence-electron chi connectivity index (χ4n) is 3.78. The lowest BCUT2D eigenvalue weighted by Gasteiger charge is -2.41. The van der Waals surface area contributed by atoms with Gasteiger partial charge < -0.3 is 9.84 Å². The van der Waals surface area contributed by atoms with E-state index in [9.17, 15) is 5.11 Å². The zero-order chi connectivity index (χ0) is 11.0. The van der Waals surface area contributed by atoms with Gasteiger partial charge in [-0.25, -0.2) is 0 Å². The lowest BCUT2D eigenvalue weighted by molar-refractivity contribution is -0.0999. The fraction of sp³-hybridized carbons (Fsp3) is 1.00. The van der Waals surface area contributed by atoms with Gasteiger partial charge in [0.2, 0.25) is 0 Å². The van der Waals surface area contributed by atoms with Crippen LogP contribution in [-0.4, -0.2) is 47.4 Å². The number of aliphatic hydroxyl groups is 1. The third kappa shape index (κ3) is 2.01. The molecule has 2 aliphatic heterocycles. The molecule has 3 fully saturated rings. The van der Waals surface area contributed by atoms with Crippen molar-refractivity contribution < 1.29 is 9.84 Å². The van der Waals surface area contributed by atoms with Crippen LogP contribution in [0, 0.1) is 0 Å². The minimum absolute atomic E-state index is 0.0811. The molecular formula is C13H23NO2. The van der Waals surface area contributed by atoms with E-state index >= 15 is 0 Å². The summed E-state index contributed by atoms with van der Waals surface area (Å²) in [6.07, 6.45) is 8.46. The van der Waals surface area contributed by atoms with Crippen molar-refractivity contribution in [3.63, 3.8) is 0 Å². The van der Waals surface area contributed by atoms with Crippen molar-refractivity contribution in [2.24, 2.45) is 0 Å². The molecule has 0 aromatic carbocycles. The molecule has 1 N–H and O–H groups in total. The van der Waals surface area contributed by atoms with Crippen LogP contribution in [0.5, 0.6) is 0 Å². The Labute approximate surface area is 97.8 Å². The lowest BCUT2D eigenvalue weighted by atomic mass is 9.88. The van der Waals surface area contributed by atoms with Gasteiger partial charge >= 0.3 is 0 Å². The van der Waals surface area contributed by atoms with E-state index in [2.05, 4.69) is 4.90 Å². The van der Waals surface area contributed by atoms with E-state index in [-0.39, 0.29) is 11.7 Å². The highest BCUT2D eigenvalue weighted by atomic mass is 16.5. The van der Waals surface area contributed by atoms with Gasteiger partial charge in [0.1, 0.15) is 0 Å². The molecule has 0 aromatic heterocycles. The van der Waals surface area contributed by atoms with Gasteiger partial charge in [-0.1, -0.05) is 12.8 Å². The van der Waals surface area contributed by atoms with Crippen molar-refractivity contribution >= 4 is 0 Å². The van der Waals surface area contributed by atoms with Crippen molar-refractivity contribution in [3.05, 3.63) is 0 Å². The molecule has 0 amide bonds. The number of nitrogens with zero attached hydrogens (tertiary/aromatic N) is 1. The molecule has 3 nitrogen and oxygen atoms in total. The van der Waals surface area contributed by atoms with E-state index in [1.807, 2.05) is 0 Å². The van der Waals surface area contributed by atoms with Crippen molar-refractivity contribution in [2.45, 2.75) is 62.7 Å². The van der Waals surface area contributed by atoms with E-state index in [0.717, 1.165) is 32.5 Å². The van der Waals surface area contributed by atoms with Gasteiger partial charge in [-0.2, -0.15) is 0 Å². The predicted molar refractivity (Wildman–Crippen MR) is 62.4 cm³/mol. The zero-order valence-electron chi connectivity index (χ0n) is 10.0. The first kappa shape index (κ1) is 11.0. The average Bonchev–Trinajstić information content (AvgIpc) is 2.89. The fourth-order valence-corrected chi connectivity index (χ4v) is 3.78. The maximum atomic E-state index is 9.61. The Hall–Kier alpha value is -0.120. The number of aliphatic hydroxyl groups excluding tert-OH is 1. The van der Waals surface area contributed by atoms with E-state index in [1.165, 1.54) is 32.1 Å². The standard InChI is InChI=1S/C13H23NO2/c15-12-3-7-14(10-12)11-4-8-16-13(9-11)5-1-2-6-13/h11-12,15H,1-10H2/t11?,12-/m0/s1. The van der Waals surface area contributed by atoms with Gasteiger partial charge in [0.15, 0.2) is 0 Å². The second kappa shape index (κ2) is 4.28. The summed E-state index contributed by atoms with van der Waals surface area (Å²) < 4.78 is 6.05. The molecule has 2 atom stereocenters. The maximum absolute atomic E-state index is 9.61. The Morgan fingerprint density at radius 2 is 2.00 bits per heavy atom. The molecule has 0 radical (unpaired) electrons. The van der Waals surface area contributed by atoms with Crippen LogP contribution in [0.4, 0.5) is 0 Å². The largest absolute Gasteiger partial charge is 0.392 e. The molecule has 0 bridgehead atoms. The number of β-amino-alcohol motifs (C(OH)–C–C–N with tert-alkyl or cyclic N) is 1. The highest BCUT2D eigenvalue weighted by Gasteiger charge is 2.42. The zero-order valence-corrected chi connectivity index (χ0v) is 10.0.